The summed E-state index contributed by atoms with van der Waals surface area (Å²) < 4.78 is 0. The Labute approximate surface area is 71.1 Å². The predicted octanol–water partition coefficient (Wildman–Crippen LogP) is 1.02. The Hall–Kier alpha value is -1.40. The maximum Gasteiger partial charge on any atom is 0.119 e. The molecule has 0 spiro atoms. The van der Waals surface area contributed by atoms with E-state index in [2.05, 4.69) is 0 Å². The molecule has 0 aliphatic heterocycles. The van der Waals surface area contributed by atoms with Crippen molar-refractivity contribution in [3.63, 3.8) is 0 Å². The molecule has 62 valence electrons. The van der Waals surface area contributed by atoms with Gasteiger partial charge >= 0.3 is 0 Å². The maximum atomic E-state index is 9.71. The van der Waals surface area contributed by atoms with E-state index in [1.807, 2.05) is 0 Å². The molecule has 0 aromatic heterocycles. The standard InChI is InChI=1S/C9H10N2O/c1-9(12)5-3-2-4-7(9)8(11)6-10/h2-5,7,11-12H,1H3. The zero-order chi connectivity index (χ0) is 9.19. The van der Waals surface area contributed by atoms with Crippen molar-refractivity contribution in [2.24, 2.45) is 5.92 Å². The van der Waals surface area contributed by atoms with Crippen molar-refractivity contribution in [3.05, 3.63) is 24.3 Å². The lowest BCUT2D eigenvalue weighted by Gasteiger charge is -2.27. The largest absolute Gasteiger partial charge is 0.385 e. The summed E-state index contributed by atoms with van der Waals surface area (Å²) in [5.74, 6) is -0.507. The Kier molecular flexibility index (Phi) is 2.11. The molecule has 0 heterocycles. The van der Waals surface area contributed by atoms with Crippen molar-refractivity contribution in [1.82, 2.24) is 0 Å². The number of nitrogens with zero attached hydrogens (tertiary/aromatic N) is 1. The molecule has 0 radical (unpaired) electrons. The van der Waals surface area contributed by atoms with Crippen LogP contribution in [0, 0.1) is 22.7 Å². The van der Waals surface area contributed by atoms with E-state index < -0.39 is 11.5 Å². The Morgan fingerprint density at radius 1 is 1.67 bits per heavy atom. The number of nitriles is 1. The van der Waals surface area contributed by atoms with E-state index in [4.69, 9.17) is 10.7 Å². The van der Waals surface area contributed by atoms with Crippen LogP contribution in [0.2, 0.25) is 0 Å². The number of rotatable bonds is 1. The third kappa shape index (κ3) is 1.44. The zero-order valence-corrected chi connectivity index (χ0v) is 6.78. The summed E-state index contributed by atoms with van der Waals surface area (Å²) in [6.45, 7) is 1.59. The van der Waals surface area contributed by atoms with Crippen molar-refractivity contribution in [2.45, 2.75) is 12.5 Å². The summed E-state index contributed by atoms with van der Waals surface area (Å²) in [5, 5.41) is 25.5. The summed E-state index contributed by atoms with van der Waals surface area (Å²) in [5.41, 5.74) is -1.21. The van der Waals surface area contributed by atoms with Crippen molar-refractivity contribution in [3.8, 4) is 6.07 Å². The van der Waals surface area contributed by atoms with Crippen LogP contribution in [0.3, 0.4) is 0 Å². The fourth-order valence-corrected chi connectivity index (χ4v) is 1.18. The van der Waals surface area contributed by atoms with Crippen LogP contribution < -0.4 is 0 Å². The van der Waals surface area contributed by atoms with Gasteiger partial charge in [-0.2, -0.15) is 5.26 Å². The van der Waals surface area contributed by atoms with Crippen molar-refractivity contribution in [2.75, 3.05) is 0 Å². The molecule has 0 saturated heterocycles. The number of hydrogen-bond acceptors (Lipinski definition) is 3. The third-order valence-electron chi connectivity index (χ3n) is 1.91. The lowest BCUT2D eigenvalue weighted by Crippen LogP contribution is -2.36. The molecule has 1 aliphatic carbocycles. The van der Waals surface area contributed by atoms with Gasteiger partial charge in [0, 0.05) is 0 Å². The van der Waals surface area contributed by atoms with E-state index in [1.54, 1.807) is 37.3 Å². The van der Waals surface area contributed by atoms with E-state index in [0.29, 0.717) is 0 Å². The van der Waals surface area contributed by atoms with Crippen LogP contribution in [0.4, 0.5) is 0 Å². The lowest BCUT2D eigenvalue weighted by molar-refractivity contribution is 0.0908. The van der Waals surface area contributed by atoms with Crippen LogP contribution in [0.1, 0.15) is 6.92 Å². The Morgan fingerprint density at radius 2 is 2.33 bits per heavy atom. The zero-order valence-electron chi connectivity index (χ0n) is 6.78. The number of aliphatic hydroxyl groups is 1. The van der Waals surface area contributed by atoms with Crippen LogP contribution in [-0.2, 0) is 0 Å². The van der Waals surface area contributed by atoms with Gasteiger partial charge in [0.15, 0.2) is 0 Å². The number of nitrogens with one attached hydrogen (secondary N) is 1. The van der Waals surface area contributed by atoms with E-state index in [0.717, 1.165) is 0 Å². The van der Waals surface area contributed by atoms with Gasteiger partial charge in [-0.05, 0) is 6.92 Å². The molecule has 0 bridgehead atoms. The monoisotopic (exact) mass is 162 g/mol. The fourth-order valence-electron chi connectivity index (χ4n) is 1.18. The molecule has 0 aromatic rings. The molecule has 0 saturated carbocycles. The predicted molar refractivity (Wildman–Crippen MR) is 45.7 cm³/mol. The van der Waals surface area contributed by atoms with E-state index in [1.165, 1.54) is 0 Å². The molecular weight excluding hydrogens is 152 g/mol. The quantitative estimate of drug-likeness (QED) is 0.565. The van der Waals surface area contributed by atoms with E-state index >= 15 is 0 Å². The first-order chi connectivity index (χ1) is 5.58. The maximum absolute atomic E-state index is 9.71. The summed E-state index contributed by atoms with van der Waals surface area (Å²) in [4.78, 5) is 0. The van der Waals surface area contributed by atoms with Gasteiger partial charge in [0.25, 0.3) is 0 Å². The average Bonchev–Trinajstić information content (AvgIpc) is 2.02. The van der Waals surface area contributed by atoms with Crippen LogP contribution in [0.15, 0.2) is 24.3 Å². The van der Waals surface area contributed by atoms with Gasteiger partial charge in [-0.3, -0.25) is 5.41 Å². The summed E-state index contributed by atoms with van der Waals surface area (Å²) in [7, 11) is 0. The minimum atomic E-state index is -1.10. The Morgan fingerprint density at radius 3 is 2.83 bits per heavy atom. The fraction of sp³-hybridized carbons (Fsp3) is 0.333. The number of allylic oxidation sites excluding steroid dienone is 2. The molecule has 12 heavy (non-hydrogen) atoms. The van der Waals surface area contributed by atoms with Gasteiger partial charge in [0.2, 0.25) is 0 Å². The molecule has 2 N–H and O–H groups in total. The minimum Gasteiger partial charge on any atom is -0.385 e. The van der Waals surface area contributed by atoms with Gasteiger partial charge < -0.3 is 5.11 Å². The SMILES string of the molecule is CC1(O)C=CC=CC1C(=N)C#N. The summed E-state index contributed by atoms with van der Waals surface area (Å²) >= 11 is 0. The Bertz CT molecular complexity index is 294. The van der Waals surface area contributed by atoms with Gasteiger partial charge in [-0.1, -0.05) is 24.3 Å². The summed E-state index contributed by atoms with van der Waals surface area (Å²) in [6, 6.07) is 1.73. The molecule has 3 nitrogen and oxygen atoms in total. The first-order valence-electron chi connectivity index (χ1n) is 3.65. The van der Waals surface area contributed by atoms with Crippen LogP contribution in [0.5, 0.6) is 0 Å². The minimum absolute atomic E-state index is 0.111. The second kappa shape index (κ2) is 2.92. The van der Waals surface area contributed by atoms with Gasteiger partial charge in [-0.25, -0.2) is 0 Å². The molecule has 0 fully saturated rings. The first kappa shape index (κ1) is 8.69. The van der Waals surface area contributed by atoms with Crippen LogP contribution >= 0.6 is 0 Å². The molecular formula is C9H10N2O. The topological polar surface area (TPSA) is 67.9 Å². The van der Waals surface area contributed by atoms with Crippen molar-refractivity contribution >= 4 is 5.71 Å². The van der Waals surface area contributed by atoms with Crippen molar-refractivity contribution in [1.29, 1.82) is 10.7 Å². The molecule has 2 atom stereocenters. The molecule has 1 rings (SSSR count). The second-order valence-corrected chi connectivity index (χ2v) is 2.97. The first-order valence-corrected chi connectivity index (χ1v) is 3.65. The van der Waals surface area contributed by atoms with Gasteiger partial charge in [0.05, 0.1) is 11.5 Å². The smallest absolute Gasteiger partial charge is 0.119 e. The lowest BCUT2D eigenvalue weighted by atomic mass is 9.82. The van der Waals surface area contributed by atoms with Crippen LogP contribution in [-0.4, -0.2) is 16.4 Å². The highest BCUT2D eigenvalue weighted by Crippen LogP contribution is 2.24. The molecule has 3 heteroatoms. The normalized spacial score (nSPS) is 32.9. The van der Waals surface area contributed by atoms with E-state index in [-0.39, 0.29) is 5.71 Å². The second-order valence-electron chi connectivity index (χ2n) is 2.97. The average molecular weight is 162 g/mol. The van der Waals surface area contributed by atoms with E-state index in [9.17, 15) is 5.11 Å². The van der Waals surface area contributed by atoms with Crippen LogP contribution in [0.25, 0.3) is 0 Å². The molecule has 2 unspecified atom stereocenters. The molecule has 1 aliphatic rings. The highest BCUT2D eigenvalue weighted by molar-refractivity contribution is 6.00. The molecule has 0 amide bonds. The number of hydrogen-bond donors (Lipinski definition) is 2. The molecule has 0 aromatic carbocycles. The highest BCUT2D eigenvalue weighted by atomic mass is 16.3. The Balaban J connectivity index is 2.93. The summed E-state index contributed by atoms with van der Waals surface area (Å²) in [6.07, 6.45) is 6.69. The van der Waals surface area contributed by atoms with Crippen molar-refractivity contribution < 1.29 is 5.11 Å². The van der Waals surface area contributed by atoms with Gasteiger partial charge in [-0.15, -0.1) is 0 Å². The third-order valence-corrected chi connectivity index (χ3v) is 1.91. The highest BCUT2D eigenvalue weighted by Gasteiger charge is 2.31. The van der Waals surface area contributed by atoms with Gasteiger partial charge in [0.1, 0.15) is 11.8 Å².